The first-order valence-corrected chi connectivity index (χ1v) is 9.90. The smallest absolute Gasteiger partial charge is 0.191 e. The molecule has 0 saturated carbocycles. The van der Waals surface area contributed by atoms with Gasteiger partial charge in [-0.25, -0.2) is 4.99 Å². The van der Waals surface area contributed by atoms with Crippen molar-refractivity contribution in [3.8, 4) is 0 Å². The van der Waals surface area contributed by atoms with Crippen LogP contribution in [0.4, 0.5) is 0 Å². The van der Waals surface area contributed by atoms with Crippen molar-refractivity contribution >= 4 is 29.9 Å². The van der Waals surface area contributed by atoms with Gasteiger partial charge < -0.3 is 20.3 Å². The van der Waals surface area contributed by atoms with Crippen molar-refractivity contribution in [3.63, 3.8) is 0 Å². The number of rotatable bonds is 7. The van der Waals surface area contributed by atoms with E-state index in [4.69, 9.17) is 0 Å². The summed E-state index contributed by atoms with van der Waals surface area (Å²) in [7, 11) is 0. The number of halogens is 1. The van der Waals surface area contributed by atoms with Crippen molar-refractivity contribution in [2.24, 2.45) is 4.99 Å². The molecule has 1 atom stereocenters. The van der Waals surface area contributed by atoms with Gasteiger partial charge in [0.1, 0.15) is 12.4 Å². The van der Waals surface area contributed by atoms with Gasteiger partial charge in [-0.1, -0.05) is 36.8 Å². The van der Waals surface area contributed by atoms with E-state index in [9.17, 15) is 5.11 Å². The SMILES string of the molecule is CCNC(=NCc1nnc2n1CCCCC2)NCC(CO)c1ccccc1.I. The molecular weight excluding hydrogens is 467 g/mol. The van der Waals surface area contributed by atoms with Gasteiger partial charge in [0.05, 0.1) is 6.61 Å². The first-order valence-electron chi connectivity index (χ1n) is 9.90. The Morgan fingerprint density at radius 3 is 2.75 bits per heavy atom. The van der Waals surface area contributed by atoms with E-state index in [0.717, 1.165) is 42.7 Å². The van der Waals surface area contributed by atoms with Gasteiger partial charge >= 0.3 is 0 Å². The van der Waals surface area contributed by atoms with Crippen LogP contribution in [0.2, 0.25) is 0 Å². The maximum Gasteiger partial charge on any atom is 0.191 e. The zero-order chi connectivity index (χ0) is 18.9. The van der Waals surface area contributed by atoms with E-state index in [1.807, 2.05) is 37.3 Å². The van der Waals surface area contributed by atoms with Gasteiger partial charge in [0.15, 0.2) is 11.8 Å². The summed E-state index contributed by atoms with van der Waals surface area (Å²) >= 11 is 0. The topological polar surface area (TPSA) is 87.4 Å². The van der Waals surface area contributed by atoms with Gasteiger partial charge in [0.2, 0.25) is 0 Å². The largest absolute Gasteiger partial charge is 0.396 e. The van der Waals surface area contributed by atoms with E-state index in [-0.39, 0.29) is 36.5 Å². The van der Waals surface area contributed by atoms with Gasteiger partial charge in [0, 0.05) is 32.0 Å². The molecule has 1 aromatic heterocycles. The van der Waals surface area contributed by atoms with E-state index in [0.29, 0.717) is 13.1 Å². The molecule has 8 heteroatoms. The van der Waals surface area contributed by atoms with Gasteiger partial charge in [-0.05, 0) is 25.3 Å². The Bertz CT molecular complexity index is 734. The lowest BCUT2D eigenvalue weighted by molar-refractivity contribution is 0.265. The molecule has 1 aliphatic heterocycles. The Hall–Kier alpha value is -1.68. The normalized spacial score (nSPS) is 15.1. The summed E-state index contributed by atoms with van der Waals surface area (Å²) in [6.45, 7) is 5.01. The Morgan fingerprint density at radius 2 is 2.00 bits per heavy atom. The number of benzene rings is 1. The molecule has 28 heavy (non-hydrogen) atoms. The molecule has 0 fully saturated rings. The molecule has 154 valence electrons. The molecule has 2 heterocycles. The van der Waals surface area contributed by atoms with E-state index in [1.54, 1.807) is 0 Å². The molecule has 0 spiro atoms. The van der Waals surface area contributed by atoms with Crippen molar-refractivity contribution in [3.05, 3.63) is 47.5 Å². The fourth-order valence-corrected chi connectivity index (χ4v) is 3.39. The molecule has 3 N–H and O–H groups in total. The number of guanidine groups is 1. The second-order valence-electron chi connectivity index (χ2n) is 6.86. The average molecular weight is 498 g/mol. The molecule has 0 amide bonds. The van der Waals surface area contributed by atoms with E-state index in [1.165, 1.54) is 19.3 Å². The highest BCUT2D eigenvalue weighted by atomic mass is 127. The number of nitrogens with one attached hydrogen (secondary N) is 2. The van der Waals surface area contributed by atoms with E-state index in [2.05, 4.69) is 30.4 Å². The number of aliphatic hydroxyl groups is 1. The highest BCUT2D eigenvalue weighted by Crippen LogP contribution is 2.15. The van der Waals surface area contributed by atoms with Crippen molar-refractivity contribution in [1.29, 1.82) is 0 Å². The molecule has 2 aromatic rings. The second-order valence-corrected chi connectivity index (χ2v) is 6.86. The van der Waals surface area contributed by atoms with Gasteiger partial charge in [-0.15, -0.1) is 34.2 Å². The lowest BCUT2D eigenvalue weighted by Gasteiger charge is -2.18. The molecule has 7 nitrogen and oxygen atoms in total. The highest BCUT2D eigenvalue weighted by Gasteiger charge is 2.15. The number of hydrogen-bond donors (Lipinski definition) is 3. The molecule has 0 bridgehead atoms. The Labute approximate surface area is 184 Å². The standard InChI is InChI=1S/C20H30N6O.HI/c1-2-21-20(22-13-17(15-27)16-9-5-3-6-10-16)23-14-19-25-24-18-11-7-4-8-12-26(18)19;/h3,5-6,9-10,17,27H,2,4,7-8,11-15H2,1H3,(H2,21,22,23);1H. The number of fused-ring (bicyclic) bond motifs is 1. The minimum Gasteiger partial charge on any atom is -0.396 e. The number of aliphatic imine (C=N–C) groups is 1. The van der Waals surface area contributed by atoms with Crippen molar-refractivity contribution < 1.29 is 5.11 Å². The maximum absolute atomic E-state index is 9.74. The maximum atomic E-state index is 9.74. The lowest BCUT2D eigenvalue weighted by Crippen LogP contribution is -2.40. The first-order chi connectivity index (χ1) is 13.3. The van der Waals surface area contributed by atoms with Gasteiger partial charge in [-0.2, -0.15) is 0 Å². The molecule has 0 saturated heterocycles. The molecule has 1 unspecified atom stereocenters. The Kier molecular flexibility index (Phi) is 9.69. The third-order valence-corrected chi connectivity index (χ3v) is 4.92. The fraction of sp³-hybridized carbons (Fsp3) is 0.550. The van der Waals surface area contributed by atoms with Crippen LogP contribution in [0.1, 0.15) is 49.3 Å². The zero-order valence-electron chi connectivity index (χ0n) is 16.5. The Balaban J connectivity index is 0.00000280. The van der Waals surface area contributed by atoms with Crippen molar-refractivity contribution in [2.75, 3.05) is 19.7 Å². The molecular formula is C20H31IN6O. The van der Waals surface area contributed by atoms with Crippen LogP contribution in [-0.2, 0) is 19.5 Å². The number of hydrogen-bond acceptors (Lipinski definition) is 4. The molecule has 3 rings (SSSR count). The first kappa shape index (κ1) is 22.6. The molecule has 0 aliphatic carbocycles. The van der Waals surface area contributed by atoms with Gasteiger partial charge in [0.25, 0.3) is 0 Å². The van der Waals surface area contributed by atoms with E-state index < -0.39 is 0 Å². The number of aryl methyl sites for hydroxylation is 1. The summed E-state index contributed by atoms with van der Waals surface area (Å²) in [4.78, 5) is 4.68. The fourth-order valence-electron chi connectivity index (χ4n) is 3.39. The second kappa shape index (κ2) is 12.0. The summed E-state index contributed by atoms with van der Waals surface area (Å²) < 4.78 is 2.22. The average Bonchev–Trinajstić information content (AvgIpc) is 2.93. The minimum absolute atomic E-state index is 0. The lowest BCUT2D eigenvalue weighted by atomic mass is 10.0. The van der Waals surface area contributed by atoms with Crippen LogP contribution in [0, 0.1) is 0 Å². The van der Waals surface area contributed by atoms with Crippen LogP contribution >= 0.6 is 24.0 Å². The number of aromatic nitrogens is 3. The quantitative estimate of drug-likeness (QED) is 0.310. The summed E-state index contributed by atoms with van der Waals surface area (Å²) in [6, 6.07) is 10.1. The minimum atomic E-state index is 0. The van der Waals surface area contributed by atoms with Crippen LogP contribution in [0.5, 0.6) is 0 Å². The third kappa shape index (κ3) is 6.16. The van der Waals surface area contributed by atoms with Crippen LogP contribution < -0.4 is 10.6 Å². The zero-order valence-corrected chi connectivity index (χ0v) is 18.8. The molecule has 1 aliphatic rings. The van der Waals surface area contributed by atoms with Crippen molar-refractivity contribution in [1.82, 2.24) is 25.4 Å². The molecule has 0 radical (unpaired) electrons. The van der Waals surface area contributed by atoms with E-state index >= 15 is 0 Å². The third-order valence-electron chi connectivity index (χ3n) is 4.92. The monoisotopic (exact) mass is 498 g/mol. The van der Waals surface area contributed by atoms with Crippen LogP contribution in [0.15, 0.2) is 35.3 Å². The number of aliphatic hydroxyl groups excluding tert-OH is 1. The summed E-state index contributed by atoms with van der Waals surface area (Å²) in [5.41, 5.74) is 1.12. The van der Waals surface area contributed by atoms with Crippen molar-refractivity contribution in [2.45, 2.75) is 51.6 Å². The molecule has 1 aromatic carbocycles. The van der Waals surface area contributed by atoms with Crippen LogP contribution in [0.3, 0.4) is 0 Å². The number of nitrogens with zero attached hydrogens (tertiary/aromatic N) is 4. The predicted octanol–water partition coefficient (Wildman–Crippen LogP) is 2.45. The summed E-state index contributed by atoms with van der Waals surface area (Å²) in [5.74, 6) is 2.77. The Morgan fingerprint density at radius 1 is 1.18 bits per heavy atom. The predicted molar refractivity (Wildman–Crippen MR) is 122 cm³/mol. The van der Waals surface area contributed by atoms with Gasteiger partial charge in [-0.3, -0.25) is 0 Å². The summed E-state index contributed by atoms with van der Waals surface area (Å²) in [6.07, 6.45) is 4.62. The highest BCUT2D eigenvalue weighted by molar-refractivity contribution is 14.0. The van der Waals surface area contributed by atoms with Crippen LogP contribution in [0.25, 0.3) is 0 Å². The summed E-state index contributed by atoms with van der Waals surface area (Å²) in [5, 5.41) is 25.0. The van der Waals surface area contributed by atoms with Crippen LogP contribution in [-0.4, -0.2) is 45.5 Å².